The van der Waals surface area contributed by atoms with Gasteiger partial charge in [0.05, 0.1) is 19.6 Å². The van der Waals surface area contributed by atoms with Crippen molar-refractivity contribution < 1.29 is 23.8 Å². The second-order valence-corrected chi connectivity index (χ2v) is 4.43. The second-order valence-electron chi connectivity index (χ2n) is 4.43. The van der Waals surface area contributed by atoms with E-state index in [1.54, 1.807) is 6.92 Å². The van der Waals surface area contributed by atoms with Crippen LogP contribution in [0.3, 0.4) is 0 Å². The van der Waals surface area contributed by atoms with Crippen LogP contribution in [-0.2, 0) is 9.53 Å². The molecule has 1 unspecified atom stereocenters. The van der Waals surface area contributed by atoms with E-state index in [0.717, 1.165) is 0 Å². The summed E-state index contributed by atoms with van der Waals surface area (Å²) in [5, 5.41) is 9.42. The number of aliphatic hydroxyl groups excluding tert-OH is 1. The lowest BCUT2D eigenvalue weighted by Gasteiger charge is -2.23. The van der Waals surface area contributed by atoms with Gasteiger partial charge in [-0.25, -0.2) is 4.39 Å². The highest BCUT2D eigenvalue weighted by molar-refractivity contribution is 5.94. The molecule has 6 heteroatoms. The van der Waals surface area contributed by atoms with Crippen molar-refractivity contribution in [1.82, 2.24) is 4.90 Å². The van der Waals surface area contributed by atoms with E-state index in [-0.39, 0.29) is 25.4 Å². The van der Waals surface area contributed by atoms with E-state index in [2.05, 4.69) is 4.74 Å². The fourth-order valence-corrected chi connectivity index (χ4v) is 1.70. The van der Waals surface area contributed by atoms with E-state index in [4.69, 9.17) is 0 Å². The Bertz CT molecular complexity index is 459. The van der Waals surface area contributed by atoms with Crippen LogP contribution in [0.1, 0.15) is 23.7 Å². The fourth-order valence-electron chi connectivity index (χ4n) is 1.70. The van der Waals surface area contributed by atoms with Crippen molar-refractivity contribution in [1.29, 1.82) is 0 Å². The lowest BCUT2D eigenvalue weighted by atomic mass is 10.2. The predicted molar refractivity (Wildman–Crippen MR) is 70.6 cm³/mol. The van der Waals surface area contributed by atoms with Crippen molar-refractivity contribution in [3.05, 3.63) is 35.6 Å². The van der Waals surface area contributed by atoms with Gasteiger partial charge in [0.1, 0.15) is 5.82 Å². The number of carbonyl (C=O) groups is 2. The molecule has 0 aliphatic rings. The number of hydrogen-bond acceptors (Lipinski definition) is 4. The molecule has 1 N–H and O–H groups in total. The summed E-state index contributed by atoms with van der Waals surface area (Å²) in [6, 6.07) is 5.11. The molecule has 5 nitrogen and oxygen atoms in total. The van der Waals surface area contributed by atoms with Crippen LogP contribution in [0.4, 0.5) is 4.39 Å². The van der Waals surface area contributed by atoms with Crippen LogP contribution in [0.5, 0.6) is 0 Å². The van der Waals surface area contributed by atoms with E-state index in [0.29, 0.717) is 5.56 Å². The van der Waals surface area contributed by atoms with Gasteiger partial charge in [-0.2, -0.15) is 0 Å². The maximum Gasteiger partial charge on any atom is 0.307 e. The molecule has 0 bridgehead atoms. The number of aliphatic hydroxyl groups is 1. The number of benzene rings is 1. The Labute approximate surface area is 117 Å². The van der Waals surface area contributed by atoms with Crippen molar-refractivity contribution in [3.8, 4) is 0 Å². The first-order chi connectivity index (χ1) is 9.43. The van der Waals surface area contributed by atoms with Crippen LogP contribution >= 0.6 is 0 Å². The van der Waals surface area contributed by atoms with Crippen LogP contribution in [-0.4, -0.2) is 48.2 Å². The van der Waals surface area contributed by atoms with Gasteiger partial charge in [-0.1, -0.05) is 0 Å². The highest BCUT2D eigenvalue weighted by atomic mass is 19.1. The zero-order valence-electron chi connectivity index (χ0n) is 11.5. The number of ether oxygens (including phenoxy) is 1. The van der Waals surface area contributed by atoms with E-state index in [1.165, 1.54) is 36.3 Å². The minimum atomic E-state index is -0.725. The summed E-state index contributed by atoms with van der Waals surface area (Å²) < 4.78 is 17.4. The maximum atomic E-state index is 12.8. The van der Waals surface area contributed by atoms with Crippen molar-refractivity contribution >= 4 is 11.9 Å². The summed E-state index contributed by atoms with van der Waals surface area (Å²) in [6.07, 6.45) is -0.687. The van der Waals surface area contributed by atoms with Crippen LogP contribution in [0.25, 0.3) is 0 Å². The Kier molecular flexibility index (Phi) is 6.11. The van der Waals surface area contributed by atoms with Crippen LogP contribution in [0, 0.1) is 5.82 Å². The van der Waals surface area contributed by atoms with Gasteiger partial charge in [-0.3, -0.25) is 9.59 Å². The average Bonchev–Trinajstić information content (AvgIpc) is 2.42. The number of nitrogens with zero attached hydrogens (tertiary/aromatic N) is 1. The molecule has 0 aromatic heterocycles. The highest BCUT2D eigenvalue weighted by Gasteiger charge is 2.18. The predicted octanol–water partition coefficient (Wildman–Crippen LogP) is 1.21. The summed E-state index contributed by atoms with van der Waals surface area (Å²) >= 11 is 0. The first kappa shape index (κ1) is 16.1. The van der Waals surface area contributed by atoms with Gasteiger partial charge >= 0.3 is 5.97 Å². The number of amides is 1. The van der Waals surface area contributed by atoms with Gasteiger partial charge in [-0.05, 0) is 31.2 Å². The van der Waals surface area contributed by atoms with Gasteiger partial charge in [0.25, 0.3) is 5.91 Å². The molecule has 1 amide bonds. The number of halogens is 1. The molecule has 0 heterocycles. The SMILES string of the molecule is COC(=O)CCN(CC(C)O)C(=O)c1ccc(F)cc1. The van der Waals surface area contributed by atoms with E-state index in [9.17, 15) is 19.1 Å². The third-order valence-corrected chi connectivity index (χ3v) is 2.68. The molecule has 110 valence electrons. The van der Waals surface area contributed by atoms with Crippen LogP contribution < -0.4 is 0 Å². The van der Waals surface area contributed by atoms with E-state index in [1.807, 2.05) is 0 Å². The molecule has 0 fully saturated rings. The van der Waals surface area contributed by atoms with Crippen molar-refractivity contribution in [2.45, 2.75) is 19.4 Å². The van der Waals surface area contributed by atoms with Crippen LogP contribution in [0.2, 0.25) is 0 Å². The Morgan fingerprint density at radius 1 is 1.35 bits per heavy atom. The number of methoxy groups -OCH3 is 1. The lowest BCUT2D eigenvalue weighted by molar-refractivity contribution is -0.140. The quantitative estimate of drug-likeness (QED) is 0.797. The molecule has 0 radical (unpaired) electrons. The number of esters is 1. The maximum absolute atomic E-state index is 12.8. The zero-order valence-corrected chi connectivity index (χ0v) is 11.5. The van der Waals surface area contributed by atoms with Crippen molar-refractivity contribution in [2.24, 2.45) is 0 Å². The van der Waals surface area contributed by atoms with Gasteiger partial charge in [0.15, 0.2) is 0 Å². The summed E-state index contributed by atoms with van der Waals surface area (Å²) in [4.78, 5) is 24.7. The molecule has 1 aromatic carbocycles. The standard InChI is InChI=1S/C14H18FNO4/c1-10(17)9-16(8-7-13(18)20-2)14(19)11-3-5-12(15)6-4-11/h3-6,10,17H,7-9H2,1-2H3. The van der Waals surface area contributed by atoms with E-state index < -0.39 is 17.9 Å². The Balaban J connectivity index is 2.78. The monoisotopic (exact) mass is 283 g/mol. The summed E-state index contributed by atoms with van der Waals surface area (Å²) in [5.74, 6) is -1.24. The fraction of sp³-hybridized carbons (Fsp3) is 0.429. The normalized spacial score (nSPS) is 11.8. The molecular formula is C14H18FNO4. The third-order valence-electron chi connectivity index (χ3n) is 2.68. The molecule has 1 aromatic rings. The largest absolute Gasteiger partial charge is 0.469 e. The molecular weight excluding hydrogens is 265 g/mol. The highest BCUT2D eigenvalue weighted by Crippen LogP contribution is 2.08. The number of rotatable bonds is 6. The first-order valence-corrected chi connectivity index (χ1v) is 6.23. The summed E-state index contributed by atoms with van der Waals surface area (Å²) in [5.41, 5.74) is 0.303. The Morgan fingerprint density at radius 3 is 2.45 bits per heavy atom. The van der Waals surface area contributed by atoms with Crippen molar-refractivity contribution in [3.63, 3.8) is 0 Å². The van der Waals surface area contributed by atoms with Gasteiger partial charge in [0.2, 0.25) is 0 Å². The Hall–Kier alpha value is -1.95. The topological polar surface area (TPSA) is 66.8 Å². The minimum absolute atomic E-state index is 0.0379. The molecule has 1 rings (SSSR count). The molecule has 1 atom stereocenters. The summed E-state index contributed by atoms with van der Waals surface area (Å²) in [6.45, 7) is 1.77. The molecule has 20 heavy (non-hydrogen) atoms. The molecule has 0 aliphatic carbocycles. The molecule has 0 aliphatic heterocycles. The minimum Gasteiger partial charge on any atom is -0.469 e. The third kappa shape index (κ3) is 4.97. The van der Waals surface area contributed by atoms with E-state index >= 15 is 0 Å². The molecule has 0 saturated heterocycles. The number of carbonyl (C=O) groups excluding carboxylic acids is 2. The first-order valence-electron chi connectivity index (χ1n) is 6.23. The van der Waals surface area contributed by atoms with Crippen molar-refractivity contribution in [2.75, 3.05) is 20.2 Å². The van der Waals surface area contributed by atoms with Crippen LogP contribution in [0.15, 0.2) is 24.3 Å². The average molecular weight is 283 g/mol. The van der Waals surface area contributed by atoms with Gasteiger partial charge in [-0.15, -0.1) is 0 Å². The van der Waals surface area contributed by atoms with Gasteiger partial charge < -0.3 is 14.7 Å². The molecule has 0 spiro atoms. The molecule has 0 saturated carbocycles. The van der Waals surface area contributed by atoms with Gasteiger partial charge in [0, 0.05) is 18.7 Å². The lowest BCUT2D eigenvalue weighted by Crippen LogP contribution is -2.38. The number of hydrogen-bond donors (Lipinski definition) is 1. The zero-order chi connectivity index (χ0) is 15.1. The Morgan fingerprint density at radius 2 is 1.95 bits per heavy atom. The smallest absolute Gasteiger partial charge is 0.307 e. The second kappa shape index (κ2) is 7.59. The summed E-state index contributed by atoms with van der Waals surface area (Å²) in [7, 11) is 1.27.